The van der Waals surface area contributed by atoms with Crippen LogP contribution < -0.4 is 10.1 Å². The third kappa shape index (κ3) is 3.36. The molecule has 0 atom stereocenters. The number of nitrogens with zero attached hydrogens (tertiary/aromatic N) is 2. The average molecular weight is 318 g/mol. The van der Waals surface area contributed by atoms with Gasteiger partial charge >= 0.3 is 6.18 Å². The molecule has 0 bridgehead atoms. The molecule has 1 N–H and O–H groups in total. The van der Waals surface area contributed by atoms with E-state index in [1.165, 1.54) is 32.5 Å². The topological polar surface area (TPSA) is 47.0 Å². The quantitative estimate of drug-likeness (QED) is 0.861. The van der Waals surface area contributed by atoms with E-state index in [9.17, 15) is 13.2 Å². The molecule has 0 radical (unpaired) electrons. The Balaban J connectivity index is 2.39. The first kappa shape index (κ1) is 15.4. The van der Waals surface area contributed by atoms with Crippen molar-refractivity contribution >= 4 is 23.1 Å². The molecule has 0 aliphatic heterocycles. The van der Waals surface area contributed by atoms with E-state index in [2.05, 4.69) is 15.3 Å². The number of anilines is 2. The SMILES string of the molecule is COc1c(Cl)ncnc1Nc1ccc(C)c(C(F)(F)F)c1. The normalized spacial score (nSPS) is 11.3. The molecule has 0 fully saturated rings. The molecular weight excluding hydrogens is 307 g/mol. The highest BCUT2D eigenvalue weighted by atomic mass is 35.5. The van der Waals surface area contributed by atoms with E-state index < -0.39 is 11.7 Å². The summed E-state index contributed by atoms with van der Waals surface area (Å²) in [5.41, 5.74) is -0.353. The Labute approximate surface area is 123 Å². The van der Waals surface area contributed by atoms with Crippen LogP contribution in [0.1, 0.15) is 11.1 Å². The molecule has 1 heterocycles. The fourth-order valence-corrected chi connectivity index (χ4v) is 1.97. The van der Waals surface area contributed by atoms with Crippen molar-refractivity contribution < 1.29 is 17.9 Å². The van der Waals surface area contributed by atoms with E-state index in [1.54, 1.807) is 0 Å². The van der Waals surface area contributed by atoms with E-state index in [4.69, 9.17) is 16.3 Å². The number of aryl methyl sites for hydroxylation is 1. The van der Waals surface area contributed by atoms with Crippen LogP contribution in [0, 0.1) is 6.92 Å². The van der Waals surface area contributed by atoms with Crippen molar-refractivity contribution in [3.63, 3.8) is 0 Å². The van der Waals surface area contributed by atoms with Gasteiger partial charge < -0.3 is 10.1 Å². The predicted molar refractivity (Wildman–Crippen MR) is 73.1 cm³/mol. The van der Waals surface area contributed by atoms with E-state index in [-0.39, 0.29) is 28.0 Å². The van der Waals surface area contributed by atoms with Gasteiger partial charge in [0, 0.05) is 5.69 Å². The van der Waals surface area contributed by atoms with Crippen molar-refractivity contribution in [1.29, 1.82) is 0 Å². The van der Waals surface area contributed by atoms with Crippen molar-refractivity contribution in [2.24, 2.45) is 0 Å². The smallest absolute Gasteiger partial charge is 0.416 e. The second kappa shape index (κ2) is 5.77. The van der Waals surface area contributed by atoms with Gasteiger partial charge in [-0.05, 0) is 24.6 Å². The number of hydrogen-bond acceptors (Lipinski definition) is 4. The zero-order valence-electron chi connectivity index (χ0n) is 11.1. The van der Waals surface area contributed by atoms with E-state index in [0.29, 0.717) is 0 Å². The summed E-state index contributed by atoms with van der Waals surface area (Å²) in [5, 5.41) is 2.81. The molecule has 112 valence electrons. The Morgan fingerprint density at radius 3 is 2.57 bits per heavy atom. The molecule has 2 aromatic rings. The summed E-state index contributed by atoms with van der Waals surface area (Å²) in [6, 6.07) is 3.89. The van der Waals surface area contributed by atoms with Crippen LogP contribution in [0.25, 0.3) is 0 Å². The van der Waals surface area contributed by atoms with Gasteiger partial charge in [0.25, 0.3) is 0 Å². The molecule has 0 aliphatic carbocycles. The third-order valence-electron chi connectivity index (χ3n) is 2.77. The summed E-state index contributed by atoms with van der Waals surface area (Å²) in [6.45, 7) is 1.40. The Hall–Kier alpha value is -2.02. The van der Waals surface area contributed by atoms with Crippen molar-refractivity contribution in [3.8, 4) is 5.75 Å². The number of ether oxygens (including phenoxy) is 1. The molecule has 4 nitrogen and oxygen atoms in total. The van der Waals surface area contributed by atoms with Crippen molar-refractivity contribution in [3.05, 3.63) is 40.8 Å². The molecule has 1 aromatic carbocycles. The summed E-state index contributed by atoms with van der Waals surface area (Å²) in [6.07, 6.45) is -3.23. The van der Waals surface area contributed by atoms with Crippen LogP contribution >= 0.6 is 11.6 Å². The monoisotopic (exact) mass is 317 g/mol. The van der Waals surface area contributed by atoms with Crippen LogP contribution in [0.2, 0.25) is 5.15 Å². The number of methoxy groups -OCH3 is 1. The van der Waals surface area contributed by atoms with Crippen molar-refractivity contribution in [1.82, 2.24) is 9.97 Å². The second-order valence-electron chi connectivity index (χ2n) is 4.20. The highest BCUT2D eigenvalue weighted by molar-refractivity contribution is 6.31. The minimum Gasteiger partial charge on any atom is -0.490 e. The maximum atomic E-state index is 12.9. The zero-order valence-corrected chi connectivity index (χ0v) is 11.9. The van der Waals surface area contributed by atoms with E-state index in [1.807, 2.05) is 0 Å². The lowest BCUT2D eigenvalue weighted by molar-refractivity contribution is -0.138. The summed E-state index contributed by atoms with van der Waals surface area (Å²) < 4.78 is 43.7. The Kier molecular flexibility index (Phi) is 4.22. The number of aromatic nitrogens is 2. The molecule has 0 unspecified atom stereocenters. The van der Waals surface area contributed by atoms with Crippen LogP contribution in [0.15, 0.2) is 24.5 Å². The molecule has 0 aliphatic rings. The van der Waals surface area contributed by atoms with Gasteiger partial charge in [-0.15, -0.1) is 0 Å². The van der Waals surface area contributed by atoms with Crippen molar-refractivity contribution in [2.75, 3.05) is 12.4 Å². The van der Waals surface area contributed by atoms with Crippen LogP contribution in [-0.2, 0) is 6.18 Å². The first-order valence-electron chi connectivity index (χ1n) is 5.82. The molecule has 0 amide bonds. The Bertz CT molecular complexity index is 662. The van der Waals surface area contributed by atoms with E-state index in [0.717, 1.165) is 6.07 Å². The molecule has 0 saturated heterocycles. The standard InChI is InChI=1S/C13H11ClF3N3O/c1-7-3-4-8(5-9(7)13(15,16)17)20-12-10(21-2)11(14)18-6-19-12/h3-6H,1-2H3,(H,18,19,20). The first-order valence-corrected chi connectivity index (χ1v) is 6.20. The lowest BCUT2D eigenvalue weighted by atomic mass is 10.1. The molecule has 1 aromatic heterocycles. The number of halogens is 4. The summed E-state index contributed by atoms with van der Waals surface area (Å²) in [7, 11) is 1.37. The minimum atomic E-state index is -4.42. The molecular formula is C13H11ClF3N3O. The fourth-order valence-electron chi connectivity index (χ4n) is 1.76. The summed E-state index contributed by atoms with van der Waals surface area (Å²) >= 11 is 5.83. The molecule has 2 rings (SSSR count). The maximum Gasteiger partial charge on any atom is 0.416 e. The van der Waals surface area contributed by atoms with Gasteiger partial charge in [-0.3, -0.25) is 0 Å². The van der Waals surface area contributed by atoms with Gasteiger partial charge in [-0.1, -0.05) is 17.7 Å². The fraction of sp³-hybridized carbons (Fsp3) is 0.231. The lowest BCUT2D eigenvalue weighted by Gasteiger charge is -2.14. The maximum absolute atomic E-state index is 12.9. The number of benzene rings is 1. The largest absolute Gasteiger partial charge is 0.490 e. The molecule has 0 spiro atoms. The van der Waals surface area contributed by atoms with Gasteiger partial charge in [0.05, 0.1) is 12.7 Å². The second-order valence-corrected chi connectivity index (χ2v) is 4.56. The van der Waals surface area contributed by atoms with E-state index >= 15 is 0 Å². The summed E-state index contributed by atoms with van der Waals surface area (Å²) in [4.78, 5) is 7.64. The van der Waals surface area contributed by atoms with Crippen LogP contribution in [0.3, 0.4) is 0 Å². The predicted octanol–water partition coefficient (Wildman–Crippen LogP) is 4.21. The number of nitrogens with one attached hydrogen (secondary N) is 1. The van der Waals surface area contributed by atoms with Gasteiger partial charge in [0.1, 0.15) is 6.33 Å². The Morgan fingerprint density at radius 1 is 1.24 bits per heavy atom. The Morgan fingerprint density at radius 2 is 1.95 bits per heavy atom. The number of hydrogen-bond donors (Lipinski definition) is 1. The molecule has 8 heteroatoms. The third-order valence-corrected chi connectivity index (χ3v) is 3.04. The average Bonchev–Trinajstić information content (AvgIpc) is 2.40. The van der Waals surface area contributed by atoms with Gasteiger partial charge in [0.2, 0.25) is 0 Å². The van der Waals surface area contributed by atoms with Crippen LogP contribution in [0.5, 0.6) is 5.75 Å². The highest BCUT2D eigenvalue weighted by Gasteiger charge is 2.32. The number of rotatable bonds is 3. The van der Waals surface area contributed by atoms with Crippen molar-refractivity contribution in [2.45, 2.75) is 13.1 Å². The first-order chi connectivity index (χ1) is 9.82. The summed E-state index contributed by atoms with van der Waals surface area (Å²) in [5.74, 6) is 0.350. The van der Waals surface area contributed by atoms with Gasteiger partial charge in [-0.2, -0.15) is 13.2 Å². The zero-order chi connectivity index (χ0) is 15.6. The van der Waals surface area contributed by atoms with Crippen LogP contribution in [-0.4, -0.2) is 17.1 Å². The highest BCUT2D eigenvalue weighted by Crippen LogP contribution is 2.35. The molecule has 21 heavy (non-hydrogen) atoms. The lowest BCUT2D eigenvalue weighted by Crippen LogP contribution is -2.08. The minimum absolute atomic E-state index is 0.0677. The molecule has 0 saturated carbocycles. The van der Waals surface area contributed by atoms with Gasteiger partial charge in [-0.25, -0.2) is 9.97 Å². The van der Waals surface area contributed by atoms with Crippen LogP contribution in [0.4, 0.5) is 24.7 Å². The van der Waals surface area contributed by atoms with Gasteiger partial charge in [0.15, 0.2) is 16.7 Å². The number of alkyl halides is 3.